The zero-order valence-corrected chi connectivity index (χ0v) is 13.7. The quantitative estimate of drug-likeness (QED) is 0.700. The van der Waals surface area contributed by atoms with E-state index in [2.05, 4.69) is 11.1 Å². The Hall–Kier alpha value is -2.88. The van der Waals surface area contributed by atoms with Crippen LogP contribution in [0, 0.1) is 0 Å². The first-order chi connectivity index (χ1) is 11.7. The summed E-state index contributed by atoms with van der Waals surface area (Å²) in [5, 5.41) is 2.26. The largest absolute Gasteiger partial charge is 0.484 e. The van der Waals surface area contributed by atoms with Crippen LogP contribution in [0.3, 0.4) is 0 Å². The Morgan fingerprint density at radius 2 is 1.83 bits per heavy atom. The monoisotopic (exact) mass is 320 g/mol. The van der Waals surface area contributed by atoms with E-state index < -0.39 is 0 Å². The molecule has 0 unspecified atom stereocenters. The van der Waals surface area contributed by atoms with Crippen LogP contribution in [0.25, 0.3) is 10.8 Å². The van der Waals surface area contributed by atoms with Gasteiger partial charge < -0.3 is 9.64 Å². The number of benzene rings is 2. The number of carbonyl (C=O) groups is 1. The number of likely N-dealkylation sites (N-methyl/N-ethyl adjacent to an activating group) is 1. The second-order valence-corrected chi connectivity index (χ2v) is 5.68. The van der Waals surface area contributed by atoms with Gasteiger partial charge in [0.1, 0.15) is 5.75 Å². The van der Waals surface area contributed by atoms with Gasteiger partial charge in [-0.05, 0) is 35.0 Å². The van der Waals surface area contributed by atoms with Gasteiger partial charge in [0.2, 0.25) is 0 Å². The molecule has 0 bridgehead atoms. The normalized spacial score (nSPS) is 10.5. The van der Waals surface area contributed by atoms with Crippen molar-refractivity contribution in [1.29, 1.82) is 0 Å². The van der Waals surface area contributed by atoms with E-state index in [1.807, 2.05) is 54.6 Å². The molecule has 0 saturated heterocycles. The lowest BCUT2D eigenvalue weighted by Gasteiger charge is -2.17. The van der Waals surface area contributed by atoms with Gasteiger partial charge in [-0.15, -0.1) is 0 Å². The molecule has 0 atom stereocenters. The zero-order valence-electron chi connectivity index (χ0n) is 13.7. The molecule has 3 aromatic rings. The van der Waals surface area contributed by atoms with Gasteiger partial charge in [0.15, 0.2) is 6.61 Å². The molecule has 0 fully saturated rings. The van der Waals surface area contributed by atoms with E-state index in [-0.39, 0.29) is 12.5 Å². The summed E-state index contributed by atoms with van der Waals surface area (Å²) >= 11 is 0. The Morgan fingerprint density at radius 3 is 2.62 bits per heavy atom. The molecule has 2 aromatic carbocycles. The van der Waals surface area contributed by atoms with E-state index in [4.69, 9.17) is 4.74 Å². The molecular weight excluding hydrogens is 300 g/mol. The molecule has 0 N–H and O–H groups in total. The first kappa shape index (κ1) is 16.0. The highest BCUT2D eigenvalue weighted by atomic mass is 16.5. The maximum atomic E-state index is 12.2. The van der Waals surface area contributed by atoms with E-state index in [0.29, 0.717) is 12.3 Å². The lowest BCUT2D eigenvalue weighted by Crippen LogP contribution is -2.33. The van der Waals surface area contributed by atoms with E-state index in [9.17, 15) is 4.79 Å². The molecule has 0 aliphatic carbocycles. The maximum absolute atomic E-state index is 12.2. The summed E-state index contributed by atoms with van der Waals surface area (Å²) in [6.45, 7) is 0.661. The first-order valence-electron chi connectivity index (χ1n) is 7.98. The van der Waals surface area contributed by atoms with Gasteiger partial charge in [-0.1, -0.05) is 36.4 Å². The van der Waals surface area contributed by atoms with E-state index in [1.54, 1.807) is 18.1 Å². The Balaban J connectivity index is 1.52. The highest BCUT2D eigenvalue weighted by Crippen LogP contribution is 2.20. The van der Waals surface area contributed by atoms with E-state index >= 15 is 0 Å². The number of pyridine rings is 1. The number of carbonyl (C=O) groups excluding carboxylic acids is 1. The smallest absolute Gasteiger partial charge is 0.260 e. The first-order valence-corrected chi connectivity index (χ1v) is 7.98. The van der Waals surface area contributed by atoms with Crippen LogP contribution in [0.1, 0.15) is 5.69 Å². The van der Waals surface area contributed by atoms with Gasteiger partial charge in [-0.25, -0.2) is 0 Å². The SMILES string of the molecule is CN(CCc1ccccn1)C(=O)COc1ccc2ccccc2c1. The molecule has 1 heterocycles. The average Bonchev–Trinajstić information content (AvgIpc) is 2.64. The van der Waals surface area contributed by atoms with Crippen LogP contribution in [0.4, 0.5) is 0 Å². The summed E-state index contributed by atoms with van der Waals surface area (Å²) in [6, 6.07) is 19.7. The Morgan fingerprint density at radius 1 is 1.04 bits per heavy atom. The fourth-order valence-electron chi connectivity index (χ4n) is 2.47. The van der Waals surface area contributed by atoms with Crippen LogP contribution in [-0.4, -0.2) is 36.0 Å². The Kier molecular flexibility index (Phi) is 5.06. The molecule has 4 heteroatoms. The van der Waals surface area contributed by atoms with Crippen molar-refractivity contribution in [2.45, 2.75) is 6.42 Å². The van der Waals surface area contributed by atoms with Gasteiger partial charge >= 0.3 is 0 Å². The van der Waals surface area contributed by atoms with Gasteiger partial charge in [0.05, 0.1) is 0 Å². The number of amides is 1. The highest BCUT2D eigenvalue weighted by Gasteiger charge is 2.10. The summed E-state index contributed by atoms with van der Waals surface area (Å²) in [5.41, 5.74) is 0.979. The van der Waals surface area contributed by atoms with Crippen LogP contribution in [0.5, 0.6) is 5.75 Å². The lowest BCUT2D eigenvalue weighted by atomic mass is 10.1. The van der Waals surface area contributed by atoms with Gasteiger partial charge in [0.25, 0.3) is 5.91 Å². The predicted molar refractivity (Wildman–Crippen MR) is 95.0 cm³/mol. The molecule has 0 aliphatic heterocycles. The molecule has 0 radical (unpaired) electrons. The minimum atomic E-state index is -0.0425. The second-order valence-electron chi connectivity index (χ2n) is 5.68. The Bertz CT molecular complexity index is 818. The van der Waals surface area contributed by atoms with Gasteiger partial charge in [-0.2, -0.15) is 0 Å². The van der Waals surface area contributed by atoms with Crippen molar-refractivity contribution in [1.82, 2.24) is 9.88 Å². The van der Waals surface area contributed by atoms with Crippen molar-refractivity contribution in [3.63, 3.8) is 0 Å². The van der Waals surface area contributed by atoms with E-state index in [1.165, 1.54) is 0 Å². The predicted octanol–water partition coefficient (Wildman–Crippen LogP) is 3.31. The molecule has 1 aromatic heterocycles. The number of aromatic nitrogens is 1. The minimum Gasteiger partial charge on any atom is -0.484 e. The number of nitrogens with zero attached hydrogens (tertiary/aromatic N) is 2. The number of fused-ring (bicyclic) bond motifs is 1. The fraction of sp³-hybridized carbons (Fsp3) is 0.200. The average molecular weight is 320 g/mol. The molecule has 3 rings (SSSR count). The Labute approximate surface area is 141 Å². The number of hydrogen-bond donors (Lipinski definition) is 0. The van der Waals surface area contributed by atoms with E-state index in [0.717, 1.165) is 22.9 Å². The maximum Gasteiger partial charge on any atom is 0.260 e. The van der Waals surface area contributed by atoms with Crippen molar-refractivity contribution in [2.24, 2.45) is 0 Å². The van der Waals surface area contributed by atoms with Gasteiger partial charge in [-0.3, -0.25) is 9.78 Å². The second kappa shape index (κ2) is 7.59. The molecule has 0 aliphatic rings. The summed E-state index contributed by atoms with van der Waals surface area (Å²) in [7, 11) is 1.79. The van der Waals surface area contributed by atoms with Gasteiger partial charge in [0, 0.05) is 31.9 Å². The molecule has 122 valence electrons. The fourth-order valence-corrected chi connectivity index (χ4v) is 2.47. The summed E-state index contributed by atoms with van der Waals surface area (Å²) in [5.74, 6) is 0.666. The summed E-state index contributed by atoms with van der Waals surface area (Å²) in [4.78, 5) is 18.1. The van der Waals surface area contributed by atoms with Crippen LogP contribution in [-0.2, 0) is 11.2 Å². The standard InChI is InChI=1S/C20H20N2O2/c1-22(13-11-18-8-4-5-12-21-18)20(23)15-24-19-10-9-16-6-2-3-7-17(16)14-19/h2-10,12,14H,11,13,15H2,1H3. The van der Waals surface area contributed by atoms with Crippen LogP contribution >= 0.6 is 0 Å². The lowest BCUT2D eigenvalue weighted by molar-refractivity contribution is -0.132. The van der Waals surface area contributed by atoms with Crippen LogP contribution in [0.2, 0.25) is 0 Å². The van der Waals surface area contributed by atoms with Crippen molar-refractivity contribution < 1.29 is 9.53 Å². The highest BCUT2D eigenvalue weighted by molar-refractivity contribution is 5.84. The van der Waals surface area contributed by atoms with Crippen molar-refractivity contribution in [2.75, 3.05) is 20.2 Å². The molecule has 4 nitrogen and oxygen atoms in total. The van der Waals surface area contributed by atoms with Crippen LogP contribution < -0.4 is 4.74 Å². The number of rotatable bonds is 6. The third-order valence-corrected chi connectivity index (χ3v) is 3.94. The summed E-state index contributed by atoms with van der Waals surface area (Å²) < 4.78 is 5.64. The summed E-state index contributed by atoms with van der Waals surface area (Å²) in [6.07, 6.45) is 2.50. The molecule has 0 spiro atoms. The molecule has 1 amide bonds. The third kappa shape index (κ3) is 4.10. The molecule has 0 saturated carbocycles. The topological polar surface area (TPSA) is 42.4 Å². The van der Waals surface area contributed by atoms with Crippen molar-refractivity contribution >= 4 is 16.7 Å². The van der Waals surface area contributed by atoms with Crippen molar-refractivity contribution in [3.8, 4) is 5.75 Å². The number of ether oxygens (including phenoxy) is 1. The third-order valence-electron chi connectivity index (χ3n) is 3.94. The number of hydrogen-bond acceptors (Lipinski definition) is 3. The molecular formula is C20H20N2O2. The zero-order chi connectivity index (χ0) is 16.8. The van der Waals surface area contributed by atoms with Crippen LogP contribution in [0.15, 0.2) is 66.9 Å². The minimum absolute atomic E-state index is 0.0387. The molecule has 24 heavy (non-hydrogen) atoms. The van der Waals surface area contributed by atoms with Crippen molar-refractivity contribution in [3.05, 3.63) is 72.6 Å².